The minimum Gasteiger partial charge on any atom is -0.466 e. The number of likely N-dealkylation sites (tertiary alicyclic amines) is 1. The summed E-state index contributed by atoms with van der Waals surface area (Å²) in [6.07, 6.45) is 1.45. The van der Waals surface area contributed by atoms with Crippen LogP contribution in [0, 0.1) is 5.92 Å². The Morgan fingerprint density at radius 2 is 1.96 bits per heavy atom. The van der Waals surface area contributed by atoms with Crippen LogP contribution in [-0.4, -0.2) is 46.3 Å². The molecule has 27 heavy (non-hydrogen) atoms. The molecule has 1 aromatic carbocycles. The largest absolute Gasteiger partial charge is 0.466 e. The second-order valence-electron chi connectivity index (χ2n) is 6.54. The highest BCUT2D eigenvalue weighted by atomic mass is 16.5. The third-order valence-electron chi connectivity index (χ3n) is 4.59. The average molecular weight is 369 g/mol. The van der Waals surface area contributed by atoms with E-state index in [1.165, 1.54) is 16.8 Å². The van der Waals surface area contributed by atoms with Crippen molar-refractivity contribution in [3.63, 3.8) is 0 Å². The predicted molar refractivity (Wildman–Crippen MR) is 99.3 cm³/mol. The van der Waals surface area contributed by atoms with E-state index in [1.54, 1.807) is 11.8 Å². The highest BCUT2D eigenvalue weighted by Gasteiger charge is 2.30. The number of rotatable bonds is 5. The molecule has 1 aliphatic heterocycles. The Morgan fingerprint density at radius 1 is 1.19 bits per heavy atom. The van der Waals surface area contributed by atoms with Crippen LogP contribution >= 0.6 is 0 Å². The molecule has 1 aromatic heterocycles. The first-order valence-corrected chi connectivity index (χ1v) is 9.16. The van der Waals surface area contributed by atoms with Gasteiger partial charge in [0.05, 0.1) is 19.1 Å². The molecule has 7 heteroatoms. The number of benzene rings is 1. The molecule has 0 bridgehead atoms. The summed E-state index contributed by atoms with van der Waals surface area (Å²) in [6.45, 7) is 3.27. The molecule has 142 valence electrons. The monoisotopic (exact) mass is 369 g/mol. The quantitative estimate of drug-likeness (QED) is 0.750. The third-order valence-corrected chi connectivity index (χ3v) is 4.59. The zero-order valence-electron chi connectivity index (χ0n) is 15.3. The van der Waals surface area contributed by atoms with Crippen LogP contribution in [-0.2, 0) is 16.1 Å². The number of aromatic nitrogens is 2. The van der Waals surface area contributed by atoms with Crippen LogP contribution in [0.5, 0.6) is 0 Å². The zero-order valence-corrected chi connectivity index (χ0v) is 15.3. The SMILES string of the molecule is CCOC(=O)C1CCCN(C(=O)c2ccc(=O)n(Cc3ccccc3)n2)C1. The number of nitrogens with zero attached hydrogens (tertiary/aromatic N) is 3. The molecule has 1 aliphatic rings. The van der Waals surface area contributed by atoms with E-state index < -0.39 is 0 Å². The van der Waals surface area contributed by atoms with Crippen molar-refractivity contribution in [2.24, 2.45) is 5.92 Å². The van der Waals surface area contributed by atoms with E-state index >= 15 is 0 Å². The summed E-state index contributed by atoms with van der Waals surface area (Å²) in [4.78, 5) is 38.5. The number of hydrogen-bond acceptors (Lipinski definition) is 5. The highest BCUT2D eigenvalue weighted by Crippen LogP contribution is 2.19. The lowest BCUT2D eigenvalue weighted by Crippen LogP contribution is -2.43. The Kier molecular flexibility index (Phi) is 6.01. The van der Waals surface area contributed by atoms with Gasteiger partial charge >= 0.3 is 5.97 Å². The van der Waals surface area contributed by atoms with Crippen molar-refractivity contribution < 1.29 is 14.3 Å². The zero-order chi connectivity index (χ0) is 19.2. The first-order valence-electron chi connectivity index (χ1n) is 9.16. The third kappa shape index (κ3) is 4.61. The summed E-state index contributed by atoms with van der Waals surface area (Å²) in [6, 6.07) is 12.3. The molecule has 2 aromatic rings. The summed E-state index contributed by atoms with van der Waals surface area (Å²) in [5.41, 5.74) is 0.866. The lowest BCUT2D eigenvalue weighted by atomic mass is 9.98. The number of amides is 1. The lowest BCUT2D eigenvalue weighted by Gasteiger charge is -2.31. The fourth-order valence-corrected chi connectivity index (χ4v) is 3.21. The van der Waals surface area contributed by atoms with E-state index in [0.29, 0.717) is 32.7 Å². The Labute approximate surface area is 157 Å². The normalized spacial score (nSPS) is 16.8. The number of esters is 1. The van der Waals surface area contributed by atoms with Crippen molar-refractivity contribution in [3.05, 3.63) is 64.1 Å². The van der Waals surface area contributed by atoms with E-state index in [0.717, 1.165) is 12.0 Å². The maximum absolute atomic E-state index is 12.8. The van der Waals surface area contributed by atoms with Crippen molar-refractivity contribution in [3.8, 4) is 0 Å². The van der Waals surface area contributed by atoms with Crippen molar-refractivity contribution in [1.29, 1.82) is 0 Å². The van der Waals surface area contributed by atoms with Gasteiger partial charge in [-0.15, -0.1) is 0 Å². The second kappa shape index (κ2) is 8.62. The van der Waals surface area contributed by atoms with Crippen LogP contribution in [0.15, 0.2) is 47.3 Å². The van der Waals surface area contributed by atoms with Gasteiger partial charge in [0.15, 0.2) is 0 Å². The molecular formula is C20H23N3O4. The lowest BCUT2D eigenvalue weighted by molar-refractivity contribution is -0.149. The Morgan fingerprint density at radius 3 is 2.70 bits per heavy atom. The molecule has 1 amide bonds. The van der Waals surface area contributed by atoms with Crippen LogP contribution in [0.2, 0.25) is 0 Å². The minimum atomic E-state index is -0.308. The van der Waals surface area contributed by atoms with Gasteiger partial charge in [0.2, 0.25) is 0 Å². The van der Waals surface area contributed by atoms with Gasteiger partial charge < -0.3 is 9.64 Å². The fourth-order valence-electron chi connectivity index (χ4n) is 3.21. The van der Waals surface area contributed by atoms with Crippen LogP contribution in [0.3, 0.4) is 0 Å². The van der Waals surface area contributed by atoms with E-state index in [1.807, 2.05) is 30.3 Å². The Balaban J connectivity index is 1.75. The number of hydrogen-bond donors (Lipinski definition) is 0. The topological polar surface area (TPSA) is 81.5 Å². The standard InChI is InChI=1S/C20H23N3O4/c1-2-27-20(26)16-9-6-12-22(14-16)19(25)17-10-11-18(24)23(21-17)13-15-7-4-3-5-8-15/h3-5,7-8,10-11,16H,2,6,9,12-14H2,1H3. The van der Waals surface area contributed by atoms with Gasteiger partial charge in [0.25, 0.3) is 11.5 Å². The van der Waals surface area contributed by atoms with Crippen LogP contribution in [0.1, 0.15) is 35.8 Å². The molecule has 3 rings (SSSR count). The second-order valence-corrected chi connectivity index (χ2v) is 6.54. The molecular weight excluding hydrogens is 346 g/mol. The van der Waals surface area contributed by atoms with Crippen molar-refractivity contribution in [1.82, 2.24) is 14.7 Å². The molecule has 1 saturated heterocycles. The summed E-state index contributed by atoms with van der Waals surface area (Å²) < 4.78 is 6.37. The van der Waals surface area contributed by atoms with E-state index in [2.05, 4.69) is 5.10 Å². The predicted octanol–water partition coefficient (Wildman–Crippen LogP) is 1.71. The van der Waals surface area contributed by atoms with Crippen molar-refractivity contribution in [2.75, 3.05) is 19.7 Å². The number of carbonyl (C=O) groups is 2. The Bertz CT molecular complexity index is 863. The first kappa shape index (κ1) is 18.8. The summed E-state index contributed by atoms with van der Waals surface area (Å²) >= 11 is 0. The van der Waals surface area contributed by atoms with E-state index in [-0.39, 0.29) is 29.0 Å². The van der Waals surface area contributed by atoms with Gasteiger partial charge in [-0.3, -0.25) is 14.4 Å². The molecule has 0 saturated carbocycles. The molecule has 0 radical (unpaired) electrons. The van der Waals surface area contributed by atoms with Gasteiger partial charge in [0.1, 0.15) is 5.69 Å². The molecule has 1 fully saturated rings. The van der Waals surface area contributed by atoms with Gasteiger partial charge in [-0.25, -0.2) is 4.68 Å². The van der Waals surface area contributed by atoms with E-state index in [4.69, 9.17) is 4.74 Å². The Hall–Kier alpha value is -2.96. The number of ether oxygens (including phenoxy) is 1. The molecule has 0 N–H and O–H groups in total. The number of piperidine rings is 1. The maximum Gasteiger partial charge on any atom is 0.310 e. The highest BCUT2D eigenvalue weighted by molar-refractivity contribution is 5.92. The molecule has 1 atom stereocenters. The van der Waals surface area contributed by atoms with Crippen molar-refractivity contribution in [2.45, 2.75) is 26.3 Å². The van der Waals surface area contributed by atoms with Gasteiger partial charge in [0, 0.05) is 19.2 Å². The minimum absolute atomic E-state index is 0.204. The van der Waals surface area contributed by atoms with Gasteiger partial charge in [-0.1, -0.05) is 30.3 Å². The molecule has 2 heterocycles. The fraction of sp³-hybridized carbons (Fsp3) is 0.400. The summed E-state index contributed by atoms with van der Waals surface area (Å²) in [7, 11) is 0. The maximum atomic E-state index is 12.8. The summed E-state index contributed by atoms with van der Waals surface area (Å²) in [5, 5.41) is 4.25. The number of carbonyl (C=O) groups excluding carboxylic acids is 2. The smallest absolute Gasteiger partial charge is 0.310 e. The van der Waals surface area contributed by atoms with E-state index in [9.17, 15) is 14.4 Å². The molecule has 0 aliphatic carbocycles. The van der Waals surface area contributed by atoms with Gasteiger partial charge in [-0.2, -0.15) is 5.10 Å². The average Bonchev–Trinajstić information content (AvgIpc) is 2.70. The van der Waals surface area contributed by atoms with Crippen molar-refractivity contribution >= 4 is 11.9 Å². The van der Waals surface area contributed by atoms with Gasteiger partial charge in [-0.05, 0) is 31.4 Å². The molecule has 1 unspecified atom stereocenters. The van der Waals surface area contributed by atoms with Crippen LogP contribution < -0.4 is 5.56 Å². The summed E-state index contributed by atoms with van der Waals surface area (Å²) in [5.74, 6) is -0.847. The molecule has 0 spiro atoms. The molecule has 7 nitrogen and oxygen atoms in total. The first-order chi connectivity index (χ1) is 13.1. The van der Waals surface area contributed by atoms with Crippen LogP contribution in [0.25, 0.3) is 0 Å². The van der Waals surface area contributed by atoms with Crippen LogP contribution in [0.4, 0.5) is 0 Å².